The lowest BCUT2D eigenvalue weighted by Crippen LogP contribution is -2.20. The molecule has 0 spiro atoms. The lowest BCUT2D eigenvalue weighted by atomic mass is 10.3. The van der Waals surface area contributed by atoms with Gasteiger partial charge in [-0.2, -0.15) is 11.8 Å². The maximum atomic E-state index is 4.49. The van der Waals surface area contributed by atoms with E-state index in [1.807, 2.05) is 18.7 Å². The van der Waals surface area contributed by atoms with Gasteiger partial charge in [0.15, 0.2) is 0 Å². The van der Waals surface area contributed by atoms with E-state index >= 15 is 0 Å². The summed E-state index contributed by atoms with van der Waals surface area (Å²) in [4.78, 5) is 4.49. The van der Waals surface area contributed by atoms with Crippen molar-refractivity contribution in [1.82, 2.24) is 9.55 Å². The molecular formula is C10H17N3S. The number of hydrogen-bond donors (Lipinski definition) is 1. The highest BCUT2D eigenvalue weighted by Gasteiger charge is 2.17. The topological polar surface area (TPSA) is 29.9 Å². The number of nitrogens with zero attached hydrogens (tertiary/aromatic N) is 2. The Morgan fingerprint density at radius 1 is 1.71 bits per heavy atom. The number of nitrogens with one attached hydrogen (secondary N) is 1. The van der Waals surface area contributed by atoms with Gasteiger partial charge in [-0.1, -0.05) is 0 Å². The summed E-state index contributed by atoms with van der Waals surface area (Å²) >= 11 is 2.02. The Morgan fingerprint density at radius 2 is 2.57 bits per heavy atom. The number of rotatable bonds is 3. The van der Waals surface area contributed by atoms with Crippen molar-refractivity contribution >= 4 is 17.7 Å². The maximum Gasteiger partial charge on any atom is 0.203 e. The third-order valence-electron chi connectivity index (χ3n) is 2.50. The van der Waals surface area contributed by atoms with Crippen LogP contribution in [0.5, 0.6) is 0 Å². The van der Waals surface area contributed by atoms with E-state index in [2.05, 4.69) is 28.0 Å². The van der Waals surface area contributed by atoms with E-state index in [1.54, 1.807) is 0 Å². The first-order valence-electron chi connectivity index (χ1n) is 5.17. The molecule has 1 saturated heterocycles. The Balaban J connectivity index is 2.06. The van der Waals surface area contributed by atoms with Crippen LogP contribution in [0.4, 0.5) is 5.95 Å². The molecular weight excluding hydrogens is 194 g/mol. The first kappa shape index (κ1) is 9.90. The lowest BCUT2D eigenvalue weighted by Gasteiger charge is -2.12. The van der Waals surface area contributed by atoms with Crippen molar-refractivity contribution in [2.45, 2.75) is 32.9 Å². The van der Waals surface area contributed by atoms with Crippen LogP contribution >= 0.6 is 11.8 Å². The minimum atomic E-state index is 0.618. The van der Waals surface area contributed by atoms with E-state index in [1.165, 1.54) is 17.9 Å². The molecule has 0 aliphatic carbocycles. The predicted molar refractivity (Wildman–Crippen MR) is 62.0 cm³/mol. The van der Waals surface area contributed by atoms with Gasteiger partial charge in [0.05, 0.1) is 5.69 Å². The molecule has 1 aliphatic heterocycles. The Morgan fingerprint density at radius 3 is 3.21 bits per heavy atom. The normalized spacial score (nSPS) is 21.4. The molecule has 0 saturated carbocycles. The molecule has 1 atom stereocenters. The molecule has 2 rings (SSSR count). The summed E-state index contributed by atoms with van der Waals surface area (Å²) in [5, 5.41) is 3.51. The molecule has 1 aromatic rings. The highest BCUT2D eigenvalue weighted by Crippen LogP contribution is 2.21. The third kappa shape index (κ3) is 2.05. The van der Waals surface area contributed by atoms with Crippen molar-refractivity contribution in [2.24, 2.45) is 0 Å². The van der Waals surface area contributed by atoms with Crippen molar-refractivity contribution in [1.29, 1.82) is 0 Å². The SMILES string of the molecule is CCn1cc(C)nc1NC1CCSC1. The molecule has 1 unspecified atom stereocenters. The van der Waals surface area contributed by atoms with Gasteiger partial charge in [0, 0.05) is 24.5 Å². The Kier molecular flexibility index (Phi) is 3.01. The summed E-state index contributed by atoms with van der Waals surface area (Å²) < 4.78 is 2.18. The predicted octanol–water partition coefficient (Wildman–Crippen LogP) is 2.13. The van der Waals surface area contributed by atoms with Crippen molar-refractivity contribution in [3.05, 3.63) is 11.9 Å². The summed E-state index contributed by atoms with van der Waals surface area (Å²) in [6, 6.07) is 0.618. The van der Waals surface area contributed by atoms with E-state index in [9.17, 15) is 0 Å². The molecule has 3 nitrogen and oxygen atoms in total. The fourth-order valence-electron chi connectivity index (χ4n) is 1.73. The smallest absolute Gasteiger partial charge is 0.203 e. The number of imidazole rings is 1. The Hall–Kier alpha value is -0.640. The van der Waals surface area contributed by atoms with Crippen LogP contribution < -0.4 is 5.32 Å². The Labute approximate surface area is 89.3 Å². The van der Waals surface area contributed by atoms with Gasteiger partial charge in [-0.25, -0.2) is 4.98 Å². The standard InChI is InChI=1S/C10H17N3S/c1-3-13-6-8(2)11-10(13)12-9-4-5-14-7-9/h6,9H,3-5,7H2,1-2H3,(H,11,12). The van der Waals surface area contributed by atoms with Crippen LogP contribution in [0.15, 0.2) is 6.20 Å². The van der Waals surface area contributed by atoms with E-state index < -0.39 is 0 Å². The van der Waals surface area contributed by atoms with Gasteiger partial charge in [0.25, 0.3) is 0 Å². The van der Waals surface area contributed by atoms with E-state index in [0.717, 1.165) is 18.2 Å². The van der Waals surface area contributed by atoms with Gasteiger partial charge in [-0.05, 0) is 26.0 Å². The highest BCUT2D eigenvalue weighted by atomic mass is 32.2. The molecule has 0 amide bonds. The van der Waals surface area contributed by atoms with Crippen LogP contribution in [0, 0.1) is 6.92 Å². The maximum absolute atomic E-state index is 4.49. The minimum Gasteiger partial charge on any atom is -0.352 e. The number of aromatic nitrogens is 2. The van der Waals surface area contributed by atoms with Crippen LogP contribution in [0.3, 0.4) is 0 Å². The first-order chi connectivity index (χ1) is 6.79. The summed E-state index contributed by atoms with van der Waals surface area (Å²) in [6.45, 7) is 5.18. The molecule has 1 N–H and O–H groups in total. The second kappa shape index (κ2) is 4.26. The highest BCUT2D eigenvalue weighted by molar-refractivity contribution is 7.99. The van der Waals surface area contributed by atoms with E-state index in [-0.39, 0.29) is 0 Å². The van der Waals surface area contributed by atoms with Crippen molar-refractivity contribution in [3.63, 3.8) is 0 Å². The van der Waals surface area contributed by atoms with E-state index in [4.69, 9.17) is 0 Å². The fraction of sp³-hybridized carbons (Fsp3) is 0.700. The minimum absolute atomic E-state index is 0.618. The van der Waals surface area contributed by atoms with Gasteiger partial charge in [-0.3, -0.25) is 0 Å². The molecule has 2 heterocycles. The average Bonchev–Trinajstić information content (AvgIpc) is 2.76. The molecule has 78 valence electrons. The Bertz CT molecular complexity index is 302. The summed E-state index contributed by atoms with van der Waals surface area (Å²) in [5.41, 5.74) is 1.10. The summed E-state index contributed by atoms with van der Waals surface area (Å²) in [6.07, 6.45) is 3.37. The van der Waals surface area contributed by atoms with Crippen LogP contribution in [-0.2, 0) is 6.54 Å². The summed E-state index contributed by atoms with van der Waals surface area (Å²) in [5.74, 6) is 3.54. The van der Waals surface area contributed by atoms with Crippen LogP contribution in [0.2, 0.25) is 0 Å². The van der Waals surface area contributed by atoms with Crippen LogP contribution in [0.1, 0.15) is 19.0 Å². The fourth-order valence-corrected chi connectivity index (χ4v) is 2.89. The number of aryl methyl sites for hydroxylation is 2. The quantitative estimate of drug-likeness (QED) is 0.830. The lowest BCUT2D eigenvalue weighted by molar-refractivity contribution is 0.731. The third-order valence-corrected chi connectivity index (χ3v) is 3.66. The van der Waals surface area contributed by atoms with Gasteiger partial charge in [0.1, 0.15) is 0 Å². The van der Waals surface area contributed by atoms with Crippen molar-refractivity contribution in [2.75, 3.05) is 16.8 Å². The van der Waals surface area contributed by atoms with Crippen LogP contribution in [-0.4, -0.2) is 27.1 Å². The molecule has 14 heavy (non-hydrogen) atoms. The van der Waals surface area contributed by atoms with E-state index in [0.29, 0.717) is 6.04 Å². The van der Waals surface area contributed by atoms with Gasteiger partial charge in [0.2, 0.25) is 5.95 Å². The average molecular weight is 211 g/mol. The number of anilines is 1. The second-order valence-corrected chi connectivity index (χ2v) is 4.85. The van der Waals surface area contributed by atoms with Gasteiger partial charge < -0.3 is 9.88 Å². The molecule has 1 aromatic heterocycles. The second-order valence-electron chi connectivity index (χ2n) is 3.70. The van der Waals surface area contributed by atoms with Gasteiger partial charge in [-0.15, -0.1) is 0 Å². The summed E-state index contributed by atoms with van der Waals surface area (Å²) in [7, 11) is 0. The van der Waals surface area contributed by atoms with Crippen molar-refractivity contribution < 1.29 is 0 Å². The first-order valence-corrected chi connectivity index (χ1v) is 6.33. The van der Waals surface area contributed by atoms with Crippen molar-refractivity contribution in [3.8, 4) is 0 Å². The largest absolute Gasteiger partial charge is 0.352 e. The zero-order valence-electron chi connectivity index (χ0n) is 8.79. The molecule has 4 heteroatoms. The monoisotopic (exact) mass is 211 g/mol. The zero-order chi connectivity index (χ0) is 9.97. The van der Waals surface area contributed by atoms with Gasteiger partial charge >= 0.3 is 0 Å². The number of thioether (sulfide) groups is 1. The molecule has 0 radical (unpaired) electrons. The molecule has 1 fully saturated rings. The molecule has 0 aromatic carbocycles. The zero-order valence-corrected chi connectivity index (χ0v) is 9.60. The molecule has 1 aliphatic rings. The molecule has 0 bridgehead atoms. The number of hydrogen-bond acceptors (Lipinski definition) is 3. The van der Waals surface area contributed by atoms with Crippen LogP contribution in [0.25, 0.3) is 0 Å².